The summed E-state index contributed by atoms with van der Waals surface area (Å²) in [4.78, 5) is 0. The molecule has 0 spiro atoms. The summed E-state index contributed by atoms with van der Waals surface area (Å²) in [6.45, 7) is 0.780. The van der Waals surface area contributed by atoms with Crippen molar-refractivity contribution in [2.24, 2.45) is 0 Å². The molecule has 3 aliphatic rings. The third-order valence-electron chi connectivity index (χ3n) is 5.88. The van der Waals surface area contributed by atoms with Crippen LogP contribution in [-0.4, -0.2) is 20.5 Å². The van der Waals surface area contributed by atoms with E-state index in [1.165, 1.54) is 0 Å². The molecule has 3 aromatic carbocycles. The van der Waals surface area contributed by atoms with Gasteiger partial charge in [0.2, 0.25) is 0 Å². The molecule has 30 heavy (non-hydrogen) atoms. The minimum atomic E-state index is -0.480. The average Bonchev–Trinajstić information content (AvgIpc) is 2.75. The third-order valence-corrected chi connectivity index (χ3v) is 7.58. The summed E-state index contributed by atoms with van der Waals surface area (Å²) in [6.07, 6.45) is 0.719. The molecular weight excluding hydrogens is 610 g/mol. The zero-order valence-corrected chi connectivity index (χ0v) is 20.3. The Bertz CT molecular complexity index is 1130. The highest BCUT2D eigenvalue weighted by Crippen LogP contribution is 2.68. The highest BCUT2D eigenvalue weighted by atomic mass is 127. The minimum absolute atomic E-state index is 0.256. The van der Waals surface area contributed by atoms with Crippen LogP contribution in [0.4, 0.5) is 0 Å². The molecule has 0 unspecified atom stereocenters. The average molecular weight is 626 g/mol. The second-order valence-corrected chi connectivity index (χ2v) is 9.73. The first-order chi connectivity index (χ1) is 14.6. The Morgan fingerprint density at radius 1 is 0.767 bits per heavy atom. The van der Waals surface area contributed by atoms with E-state index in [0.717, 1.165) is 64.7 Å². The van der Waals surface area contributed by atoms with Crippen molar-refractivity contribution in [3.05, 3.63) is 66.3 Å². The van der Waals surface area contributed by atoms with Gasteiger partial charge in [-0.25, -0.2) is 0 Å². The molecule has 3 heterocycles. The molecule has 0 amide bonds. The number of ether oxygens (including phenoxy) is 5. The van der Waals surface area contributed by atoms with Gasteiger partial charge >= 0.3 is 0 Å². The monoisotopic (exact) mass is 626 g/mol. The SMILES string of the molecule is COCOCCC12c3c4cccc3Oc3c(I)ccc(c31)Oc1ccc(I)c(c12)O4. The maximum Gasteiger partial charge on any atom is 0.148 e. The fourth-order valence-corrected chi connectivity index (χ4v) is 5.93. The van der Waals surface area contributed by atoms with Crippen molar-refractivity contribution in [1.82, 2.24) is 0 Å². The quantitative estimate of drug-likeness (QED) is 0.143. The van der Waals surface area contributed by atoms with E-state index in [4.69, 9.17) is 23.7 Å². The van der Waals surface area contributed by atoms with Crippen LogP contribution in [0.15, 0.2) is 42.5 Å². The Hall–Kier alpha value is -1.56. The number of hydrogen-bond donors (Lipinski definition) is 0. The number of halogens is 2. The molecule has 0 N–H and O–H groups in total. The van der Waals surface area contributed by atoms with Crippen molar-refractivity contribution in [1.29, 1.82) is 0 Å². The molecule has 0 atom stereocenters. The number of hydrogen-bond acceptors (Lipinski definition) is 5. The van der Waals surface area contributed by atoms with Gasteiger partial charge in [-0.15, -0.1) is 0 Å². The molecule has 0 aromatic heterocycles. The summed E-state index contributed by atoms with van der Waals surface area (Å²) in [5.74, 6) is 4.97. The predicted octanol–water partition coefficient (Wildman–Crippen LogP) is 6.56. The van der Waals surface area contributed by atoms with Gasteiger partial charge in [0, 0.05) is 7.11 Å². The van der Waals surface area contributed by atoms with Gasteiger partial charge in [-0.05, 0) is 88.0 Å². The van der Waals surface area contributed by atoms with Crippen LogP contribution in [0.25, 0.3) is 0 Å². The van der Waals surface area contributed by atoms with Crippen molar-refractivity contribution < 1.29 is 23.7 Å². The largest absolute Gasteiger partial charge is 0.456 e. The molecule has 0 fully saturated rings. The Balaban J connectivity index is 1.72. The summed E-state index contributed by atoms with van der Waals surface area (Å²) in [7, 11) is 1.64. The molecule has 0 saturated carbocycles. The zero-order chi connectivity index (χ0) is 20.5. The van der Waals surface area contributed by atoms with Crippen molar-refractivity contribution >= 4 is 45.2 Å². The van der Waals surface area contributed by atoms with Crippen LogP contribution in [0.2, 0.25) is 0 Å². The summed E-state index contributed by atoms with van der Waals surface area (Å²) in [5.41, 5.74) is 2.66. The van der Waals surface area contributed by atoms with E-state index in [2.05, 4.69) is 45.2 Å². The molecule has 3 aromatic rings. The van der Waals surface area contributed by atoms with Gasteiger partial charge in [-0.2, -0.15) is 0 Å². The Labute approximate surface area is 200 Å². The maximum absolute atomic E-state index is 6.43. The third kappa shape index (κ3) is 2.46. The lowest BCUT2D eigenvalue weighted by molar-refractivity contribution is -0.0343. The summed E-state index contributed by atoms with van der Waals surface area (Å²) in [6, 6.07) is 14.1. The van der Waals surface area contributed by atoms with E-state index in [-0.39, 0.29) is 6.79 Å². The first-order valence-electron chi connectivity index (χ1n) is 9.55. The van der Waals surface area contributed by atoms with E-state index in [1.54, 1.807) is 7.11 Å². The van der Waals surface area contributed by atoms with Crippen molar-refractivity contribution in [3.8, 4) is 34.5 Å². The summed E-state index contributed by atoms with van der Waals surface area (Å²) in [5, 5.41) is 0. The van der Waals surface area contributed by atoms with Gasteiger partial charge in [-0.3, -0.25) is 0 Å². The molecule has 0 bridgehead atoms. The Kier molecular flexibility index (Phi) is 4.45. The summed E-state index contributed by atoms with van der Waals surface area (Å²) >= 11 is 4.66. The van der Waals surface area contributed by atoms with Crippen LogP contribution in [0, 0.1) is 7.14 Å². The van der Waals surface area contributed by atoms with Gasteiger partial charge in [0.05, 0.1) is 35.9 Å². The molecule has 0 saturated heterocycles. The number of rotatable bonds is 5. The molecule has 0 aliphatic carbocycles. The highest BCUT2D eigenvalue weighted by molar-refractivity contribution is 14.1. The van der Waals surface area contributed by atoms with Gasteiger partial charge in [-0.1, -0.05) is 6.07 Å². The number of benzene rings is 3. The van der Waals surface area contributed by atoms with Crippen molar-refractivity contribution in [3.63, 3.8) is 0 Å². The standard InChI is InChI=1S/C23H16I2O5/c1-26-11-27-10-9-23-18-14-3-2-4-15(18)30-22-13(25)6-8-17(20(22)23)28-16-7-5-12(24)21(29-14)19(16)23/h2-8H,9-11H2,1H3. The van der Waals surface area contributed by atoms with Crippen molar-refractivity contribution in [2.75, 3.05) is 20.5 Å². The predicted molar refractivity (Wildman–Crippen MR) is 127 cm³/mol. The first-order valence-corrected chi connectivity index (χ1v) is 11.7. The molecule has 3 aliphatic heterocycles. The van der Waals surface area contributed by atoms with E-state index < -0.39 is 5.41 Å². The number of methoxy groups -OCH3 is 1. The fraction of sp³-hybridized carbons (Fsp3) is 0.217. The van der Waals surface area contributed by atoms with Crippen LogP contribution in [-0.2, 0) is 14.9 Å². The molecule has 152 valence electrons. The second kappa shape index (κ2) is 6.98. The van der Waals surface area contributed by atoms with E-state index in [0.29, 0.717) is 6.61 Å². The highest BCUT2D eigenvalue weighted by Gasteiger charge is 2.55. The molecule has 7 heteroatoms. The molecule has 5 nitrogen and oxygen atoms in total. The van der Waals surface area contributed by atoms with Crippen molar-refractivity contribution in [2.45, 2.75) is 11.8 Å². The Morgan fingerprint density at radius 3 is 1.90 bits per heavy atom. The van der Waals surface area contributed by atoms with Gasteiger partial charge < -0.3 is 23.7 Å². The lowest BCUT2D eigenvalue weighted by Crippen LogP contribution is -2.40. The molecule has 0 radical (unpaired) electrons. The second-order valence-electron chi connectivity index (χ2n) is 7.40. The maximum atomic E-state index is 6.43. The van der Waals surface area contributed by atoms with Crippen LogP contribution in [0.5, 0.6) is 34.5 Å². The lowest BCUT2D eigenvalue weighted by Gasteiger charge is -2.48. The first kappa shape index (κ1) is 19.1. The molecular formula is C23H16I2O5. The van der Waals surface area contributed by atoms with Crippen LogP contribution >= 0.6 is 45.2 Å². The fourth-order valence-electron chi connectivity index (χ4n) is 4.81. The van der Waals surface area contributed by atoms with E-state index in [9.17, 15) is 0 Å². The van der Waals surface area contributed by atoms with Crippen LogP contribution in [0.3, 0.4) is 0 Å². The molecule has 6 rings (SSSR count). The Morgan fingerprint density at radius 2 is 1.33 bits per heavy atom. The summed E-state index contributed by atoms with van der Waals surface area (Å²) < 4.78 is 32.2. The topological polar surface area (TPSA) is 46.2 Å². The van der Waals surface area contributed by atoms with Gasteiger partial charge in [0.25, 0.3) is 0 Å². The van der Waals surface area contributed by atoms with Crippen LogP contribution < -0.4 is 14.2 Å². The van der Waals surface area contributed by atoms with Gasteiger partial charge in [0.15, 0.2) is 0 Å². The smallest absolute Gasteiger partial charge is 0.148 e. The van der Waals surface area contributed by atoms with E-state index >= 15 is 0 Å². The normalized spacial score (nSPS) is 15.6. The van der Waals surface area contributed by atoms with Crippen LogP contribution in [0.1, 0.15) is 23.1 Å². The van der Waals surface area contributed by atoms with E-state index in [1.807, 2.05) is 42.5 Å². The van der Waals surface area contributed by atoms with Gasteiger partial charge in [0.1, 0.15) is 41.3 Å². The zero-order valence-electron chi connectivity index (χ0n) is 16.0. The lowest BCUT2D eigenvalue weighted by atomic mass is 9.63. The minimum Gasteiger partial charge on any atom is -0.456 e.